The van der Waals surface area contributed by atoms with Crippen LogP contribution in [0, 0.1) is 10.1 Å². The van der Waals surface area contributed by atoms with Crippen molar-refractivity contribution >= 4 is 17.8 Å². The van der Waals surface area contributed by atoms with Crippen molar-refractivity contribution < 1.29 is 9.72 Å². The zero-order valence-corrected chi connectivity index (χ0v) is 11.9. The van der Waals surface area contributed by atoms with Crippen LogP contribution in [0.25, 0.3) is 0 Å². The highest BCUT2D eigenvalue weighted by Gasteiger charge is 2.12. The molecule has 0 atom stereocenters. The first-order chi connectivity index (χ1) is 10.6. The number of aryl methyl sites for hydroxylation is 1. The van der Waals surface area contributed by atoms with Crippen LogP contribution in [-0.4, -0.2) is 22.0 Å². The van der Waals surface area contributed by atoms with Gasteiger partial charge in [0, 0.05) is 23.4 Å². The molecular weight excluding hydrogens is 284 g/mol. The lowest BCUT2D eigenvalue weighted by atomic mass is 10.1. The van der Waals surface area contributed by atoms with Gasteiger partial charge in [-0.15, -0.1) is 0 Å². The fraction of sp³-hybridized carbons (Fsp3) is 0.133. The van der Waals surface area contributed by atoms with Crippen LogP contribution in [0.15, 0.2) is 47.7 Å². The number of aromatic nitrogens is 1. The first kappa shape index (κ1) is 15.3. The third-order valence-electron chi connectivity index (χ3n) is 2.96. The Morgan fingerprint density at radius 2 is 2.23 bits per heavy atom. The fourth-order valence-corrected chi connectivity index (χ4v) is 1.85. The maximum Gasteiger partial charge on any atom is 0.289 e. The number of carbonyl (C=O) groups excluding carboxylic acids is 1. The average Bonchev–Trinajstić information content (AvgIpc) is 2.55. The minimum atomic E-state index is -0.448. The van der Waals surface area contributed by atoms with Crippen LogP contribution in [0.5, 0.6) is 0 Å². The molecule has 22 heavy (non-hydrogen) atoms. The Hall–Kier alpha value is -3.09. The van der Waals surface area contributed by atoms with Crippen molar-refractivity contribution in [2.45, 2.75) is 13.3 Å². The van der Waals surface area contributed by atoms with Crippen LogP contribution in [0.4, 0.5) is 5.69 Å². The number of hydrogen-bond acceptors (Lipinski definition) is 5. The highest BCUT2D eigenvalue weighted by atomic mass is 16.6. The van der Waals surface area contributed by atoms with E-state index in [9.17, 15) is 14.9 Å². The summed E-state index contributed by atoms with van der Waals surface area (Å²) in [6.45, 7) is 1.85. The van der Waals surface area contributed by atoms with E-state index >= 15 is 0 Å². The van der Waals surface area contributed by atoms with Crippen molar-refractivity contribution in [1.82, 2.24) is 10.4 Å². The number of hydrazone groups is 1. The molecule has 0 saturated carbocycles. The summed E-state index contributed by atoms with van der Waals surface area (Å²) in [7, 11) is 0. The second-order valence-corrected chi connectivity index (χ2v) is 4.41. The molecule has 1 N–H and O–H groups in total. The topological polar surface area (TPSA) is 97.5 Å². The first-order valence-corrected chi connectivity index (χ1v) is 6.63. The zero-order chi connectivity index (χ0) is 15.9. The Morgan fingerprint density at radius 1 is 1.41 bits per heavy atom. The number of nitro benzene ring substituents is 1. The summed E-state index contributed by atoms with van der Waals surface area (Å²) in [4.78, 5) is 26.2. The fourth-order valence-electron chi connectivity index (χ4n) is 1.85. The van der Waals surface area contributed by atoms with E-state index in [2.05, 4.69) is 15.5 Å². The van der Waals surface area contributed by atoms with Crippen molar-refractivity contribution in [2.24, 2.45) is 5.10 Å². The number of carbonyl (C=O) groups is 1. The predicted octanol–water partition coefficient (Wildman–Crippen LogP) is 2.32. The van der Waals surface area contributed by atoms with E-state index in [0.29, 0.717) is 17.5 Å². The van der Waals surface area contributed by atoms with Crippen molar-refractivity contribution in [3.63, 3.8) is 0 Å². The maximum absolute atomic E-state index is 11.7. The van der Waals surface area contributed by atoms with Crippen LogP contribution >= 0.6 is 0 Å². The van der Waals surface area contributed by atoms with Crippen molar-refractivity contribution in [3.05, 3.63) is 69.5 Å². The van der Waals surface area contributed by atoms with E-state index in [1.54, 1.807) is 30.3 Å². The number of amides is 1. The summed E-state index contributed by atoms with van der Waals surface area (Å²) < 4.78 is 0. The molecule has 0 aliphatic heterocycles. The van der Waals surface area contributed by atoms with E-state index < -0.39 is 10.8 Å². The van der Waals surface area contributed by atoms with E-state index in [1.807, 2.05) is 6.92 Å². The molecule has 2 rings (SSSR count). The summed E-state index contributed by atoms with van der Waals surface area (Å²) in [6, 6.07) is 9.77. The van der Waals surface area contributed by atoms with Crippen molar-refractivity contribution in [3.8, 4) is 0 Å². The smallest absolute Gasteiger partial charge is 0.266 e. The summed E-state index contributed by atoms with van der Waals surface area (Å²) in [5, 5.41) is 14.8. The van der Waals surface area contributed by atoms with Crippen molar-refractivity contribution in [1.29, 1.82) is 0 Å². The second-order valence-electron chi connectivity index (χ2n) is 4.41. The number of hydrogen-bond donors (Lipinski definition) is 1. The molecule has 0 aliphatic rings. The summed E-state index contributed by atoms with van der Waals surface area (Å²) in [6.07, 6.45) is 3.43. The molecule has 112 valence electrons. The minimum Gasteiger partial charge on any atom is -0.266 e. The van der Waals surface area contributed by atoms with Gasteiger partial charge in [-0.1, -0.05) is 25.1 Å². The lowest BCUT2D eigenvalue weighted by Gasteiger charge is -2.01. The molecule has 7 nitrogen and oxygen atoms in total. The van der Waals surface area contributed by atoms with Gasteiger partial charge in [-0.25, -0.2) is 5.43 Å². The normalized spacial score (nSPS) is 10.6. The molecule has 0 fully saturated rings. The highest BCUT2D eigenvalue weighted by Crippen LogP contribution is 2.19. The SMILES string of the molecule is CCc1ccc(/C=N\NC(=O)c2ccccn2)cc1[N+](=O)[O-]. The molecule has 0 saturated heterocycles. The quantitative estimate of drug-likeness (QED) is 0.520. The number of pyridine rings is 1. The Labute approximate surface area is 126 Å². The Kier molecular flexibility index (Phi) is 4.92. The third-order valence-corrected chi connectivity index (χ3v) is 2.96. The molecular formula is C15H14N4O3. The number of rotatable bonds is 5. The third kappa shape index (κ3) is 3.72. The van der Waals surface area contributed by atoms with Gasteiger partial charge in [-0.3, -0.25) is 19.9 Å². The summed E-state index contributed by atoms with van der Waals surface area (Å²) in [5.41, 5.74) is 3.79. The van der Waals surface area contributed by atoms with Gasteiger partial charge >= 0.3 is 0 Å². The Bertz CT molecular complexity index is 714. The van der Waals surface area contributed by atoms with Gasteiger partial charge < -0.3 is 0 Å². The molecule has 1 amide bonds. The maximum atomic E-state index is 11.7. The molecule has 0 bridgehead atoms. The van der Waals surface area contributed by atoms with Gasteiger partial charge in [0.15, 0.2) is 0 Å². The molecule has 0 aliphatic carbocycles. The van der Waals surface area contributed by atoms with Gasteiger partial charge in [-0.2, -0.15) is 5.10 Å². The van der Waals surface area contributed by atoms with Gasteiger partial charge in [-0.05, 0) is 18.6 Å². The minimum absolute atomic E-state index is 0.0440. The largest absolute Gasteiger partial charge is 0.289 e. The Balaban J connectivity index is 2.09. The van der Waals surface area contributed by atoms with Crippen LogP contribution in [-0.2, 0) is 6.42 Å². The molecule has 1 aromatic carbocycles. The zero-order valence-electron chi connectivity index (χ0n) is 11.9. The summed E-state index contributed by atoms with van der Waals surface area (Å²) in [5.74, 6) is -0.448. The molecule has 0 spiro atoms. The standard InChI is InChI=1S/C15H14N4O3/c1-2-12-7-6-11(9-14(12)19(21)22)10-17-18-15(20)13-5-3-4-8-16-13/h3-10H,2H2,1H3,(H,18,20)/b17-10-. The van der Waals surface area contributed by atoms with Crippen LogP contribution in [0.3, 0.4) is 0 Å². The van der Waals surface area contributed by atoms with E-state index in [0.717, 1.165) is 0 Å². The molecule has 1 heterocycles. The monoisotopic (exact) mass is 298 g/mol. The van der Waals surface area contributed by atoms with Crippen LogP contribution in [0.1, 0.15) is 28.5 Å². The van der Waals surface area contributed by atoms with Gasteiger partial charge in [0.1, 0.15) is 5.69 Å². The lowest BCUT2D eigenvalue weighted by molar-refractivity contribution is -0.385. The second kappa shape index (κ2) is 7.07. The van der Waals surface area contributed by atoms with Gasteiger partial charge in [0.05, 0.1) is 11.1 Å². The molecule has 2 aromatic rings. The molecule has 0 radical (unpaired) electrons. The van der Waals surface area contributed by atoms with E-state index in [-0.39, 0.29) is 11.4 Å². The molecule has 7 heteroatoms. The van der Waals surface area contributed by atoms with Crippen molar-refractivity contribution in [2.75, 3.05) is 0 Å². The van der Waals surface area contributed by atoms with E-state index in [4.69, 9.17) is 0 Å². The van der Waals surface area contributed by atoms with Gasteiger partial charge in [0.25, 0.3) is 11.6 Å². The summed E-state index contributed by atoms with van der Waals surface area (Å²) >= 11 is 0. The molecule has 1 aromatic heterocycles. The lowest BCUT2D eigenvalue weighted by Crippen LogP contribution is -2.18. The van der Waals surface area contributed by atoms with Gasteiger partial charge in [0.2, 0.25) is 0 Å². The number of nitrogens with zero attached hydrogens (tertiary/aromatic N) is 3. The predicted molar refractivity (Wildman–Crippen MR) is 81.8 cm³/mol. The van der Waals surface area contributed by atoms with Crippen LogP contribution < -0.4 is 5.43 Å². The number of nitro groups is 1. The average molecular weight is 298 g/mol. The van der Waals surface area contributed by atoms with E-state index in [1.165, 1.54) is 18.5 Å². The Morgan fingerprint density at radius 3 is 2.86 bits per heavy atom. The van der Waals surface area contributed by atoms with Crippen LogP contribution in [0.2, 0.25) is 0 Å². The number of nitrogens with one attached hydrogen (secondary N) is 1. The number of benzene rings is 1. The molecule has 0 unspecified atom stereocenters. The highest BCUT2D eigenvalue weighted by molar-refractivity contribution is 5.93. The first-order valence-electron chi connectivity index (χ1n) is 6.63.